The molecule has 6 heteroatoms. The van der Waals surface area contributed by atoms with Gasteiger partial charge in [0.05, 0.1) is 5.56 Å². The quantitative estimate of drug-likeness (QED) is 0.565. The lowest BCUT2D eigenvalue weighted by Crippen LogP contribution is -2.20. The van der Waals surface area contributed by atoms with E-state index in [-0.39, 0.29) is 11.3 Å². The summed E-state index contributed by atoms with van der Waals surface area (Å²) in [5, 5.41) is 11.9. The van der Waals surface area contributed by atoms with E-state index >= 15 is 0 Å². The fourth-order valence-corrected chi connectivity index (χ4v) is 3.56. The first-order chi connectivity index (χ1) is 13.9. The fraction of sp³-hybridized carbons (Fsp3) is 0.130. The second kappa shape index (κ2) is 9.30. The zero-order valence-corrected chi connectivity index (χ0v) is 17.0. The maximum absolute atomic E-state index is 12.0. The van der Waals surface area contributed by atoms with Gasteiger partial charge >= 0.3 is 5.97 Å². The first-order valence-corrected chi connectivity index (χ1v) is 9.83. The van der Waals surface area contributed by atoms with Crippen LogP contribution in [0.5, 0.6) is 5.75 Å². The van der Waals surface area contributed by atoms with Gasteiger partial charge in [0.1, 0.15) is 5.75 Å². The summed E-state index contributed by atoms with van der Waals surface area (Å²) in [5.74, 6) is -0.994. The highest BCUT2D eigenvalue weighted by atomic mass is 32.2. The molecule has 3 aromatic carbocycles. The lowest BCUT2D eigenvalue weighted by atomic mass is 10.2. The van der Waals surface area contributed by atoms with Gasteiger partial charge in [-0.2, -0.15) is 0 Å². The number of ether oxygens (including phenoxy) is 1. The number of amides is 1. The molecule has 0 atom stereocenters. The van der Waals surface area contributed by atoms with E-state index in [1.54, 1.807) is 11.8 Å². The number of carbonyl (C=O) groups excluding carboxylic acids is 2. The van der Waals surface area contributed by atoms with E-state index in [9.17, 15) is 14.7 Å². The van der Waals surface area contributed by atoms with Gasteiger partial charge in [0.15, 0.2) is 6.61 Å². The van der Waals surface area contributed by atoms with Gasteiger partial charge in [-0.25, -0.2) is 4.79 Å². The number of rotatable bonds is 6. The minimum absolute atomic E-state index is 0.0541. The van der Waals surface area contributed by atoms with Gasteiger partial charge in [-0.15, -0.1) is 0 Å². The van der Waals surface area contributed by atoms with E-state index in [1.807, 2.05) is 24.3 Å². The first-order valence-electron chi connectivity index (χ1n) is 9.02. The Kier molecular flexibility index (Phi) is 6.57. The lowest BCUT2D eigenvalue weighted by Gasteiger charge is -2.09. The van der Waals surface area contributed by atoms with Gasteiger partial charge in [-0.1, -0.05) is 23.9 Å². The van der Waals surface area contributed by atoms with Crippen LogP contribution in [0.2, 0.25) is 0 Å². The Hall–Kier alpha value is -3.25. The van der Waals surface area contributed by atoms with Crippen molar-refractivity contribution in [3.8, 4) is 5.75 Å². The highest BCUT2D eigenvalue weighted by molar-refractivity contribution is 7.99. The summed E-state index contributed by atoms with van der Waals surface area (Å²) in [6.07, 6.45) is 0. The van der Waals surface area contributed by atoms with Gasteiger partial charge in [0, 0.05) is 15.5 Å². The molecule has 2 N–H and O–H groups in total. The Labute approximate surface area is 173 Å². The molecule has 0 heterocycles. The van der Waals surface area contributed by atoms with E-state index < -0.39 is 18.5 Å². The Morgan fingerprint density at radius 1 is 0.966 bits per heavy atom. The number of hydrogen-bond acceptors (Lipinski definition) is 5. The van der Waals surface area contributed by atoms with E-state index in [0.29, 0.717) is 5.69 Å². The van der Waals surface area contributed by atoms with E-state index in [0.717, 1.165) is 4.90 Å². The molecule has 0 radical (unpaired) electrons. The van der Waals surface area contributed by atoms with Crippen LogP contribution in [-0.4, -0.2) is 23.6 Å². The molecule has 0 saturated heterocycles. The van der Waals surface area contributed by atoms with Crippen molar-refractivity contribution < 1.29 is 19.4 Å². The second-order valence-electron chi connectivity index (χ2n) is 6.57. The molecule has 0 aliphatic heterocycles. The van der Waals surface area contributed by atoms with Gasteiger partial charge in [-0.3, -0.25) is 4.79 Å². The van der Waals surface area contributed by atoms with E-state index in [1.165, 1.54) is 40.3 Å². The molecule has 3 rings (SSSR count). The number of phenolic OH excluding ortho intramolecular Hbond substituents is 1. The molecular weight excluding hydrogens is 386 g/mol. The molecule has 1 amide bonds. The number of nitrogens with one attached hydrogen (secondary N) is 1. The molecule has 0 bridgehead atoms. The van der Waals surface area contributed by atoms with Crippen LogP contribution in [0, 0.1) is 13.8 Å². The van der Waals surface area contributed by atoms with Gasteiger partial charge < -0.3 is 15.2 Å². The van der Waals surface area contributed by atoms with Crippen molar-refractivity contribution in [1.82, 2.24) is 0 Å². The van der Waals surface area contributed by atoms with Crippen molar-refractivity contribution >= 4 is 29.3 Å². The summed E-state index contributed by atoms with van der Waals surface area (Å²) in [4.78, 5) is 26.2. The SMILES string of the molecule is Cc1ccc(C)c(Sc2ccc(NC(=O)COC(=O)c3ccc(O)cc3)cc2)c1. The number of benzene rings is 3. The van der Waals surface area contributed by atoms with Crippen LogP contribution >= 0.6 is 11.8 Å². The summed E-state index contributed by atoms with van der Waals surface area (Å²) in [6.45, 7) is 3.76. The zero-order chi connectivity index (χ0) is 20.8. The summed E-state index contributed by atoms with van der Waals surface area (Å²) >= 11 is 1.67. The Balaban J connectivity index is 1.52. The minimum Gasteiger partial charge on any atom is -0.508 e. The largest absolute Gasteiger partial charge is 0.508 e. The third kappa shape index (κ3) is 5.86. The monoisotopic (exact) mass is 407 g/mol. The molecule has 29 heavy (non-hydrogen) atoms. The molecule has 0 fully saturated rings. The molecule has 148 valence electrons. The smallest absolute Gasteiger partial charge is 0.338 e. The molecule has 0 spiro atoms. The molecule has 0 saturated carbocycles. The number of phenols is 1. The zero-order valence-electron chi connectivity index (χ0n) is 16.1. The molecule has 0 unspecified atom stereocenters. The molecule has 0 aliphatic rings. The Morgan fingerprint density at radius 2 is 1.66 bits per heavy atom. The van der Waals surface area contributed by atoms with Gasteiger partial charge in [-0.05, 0) is 79.6 Å². The number of aromatic hydroxyl groups is 1. The fourth-order valence-electron chi connectivity index (χ4n) is 2.56. The van der Waals surface area contributed by atoms with Crippen molar-refractivity contribution in [2.45, 2.75) is 23.6 Å². The van der Waals surface area contributed by atoms with Crippen LogP contribution in [0.15, 0.2) is 76.5 Å². The predicted molar refractivity (Wildman–Crippen MR) is 114 cm³/mol. The highest BCUT2D eigenvalue weighted by Crippen LogP contribution is 2.31. The average Bonchev–Trinajstić information content (AvgIpc) is 2.71. The van der Waals surface area contributed by atoms with Crippen LogP contribution in [0.1, 0.15) is 21.5 Å². The van der Waals surface area contributed by atoms with E-state index in [4.69, 9.17) is 4.74 Å². The minimum atomic E-state index is -0.625. The molecule has 0 aliphatic carbocycles. The van der Waals surface area contributed by atoms with Crippen LogP contribution in [-0.2, 0) is 9.53 Å². The molecule has 5 nitrogen and oxygen atoms in total. The number of hydrogen-bond donors (Lipinski definition) is 2. The van der Waals surface area contributed by atoms with Crippen molar-refractivity contribution in [3.63, 3.8) is 0 Å². The van der Waals surface area contributed by atoms with Gasteiger partial charge in [0.25, 0.3) is 5.91 Å². The highest BCUT2D eigenvalue weighted by Gasteiger charge is 2.10. The van der Waals surface area contributed by atoms with Crippen molar-refractivity contribution in [2.24, 2.45) is 0 Å². The topological polar surface area (TPSA) is 75.6 Å². The molecule has 3 aromatic rings. The van der Waals surface area contributed by atoms with E-state index in [2.05, 4.69) is 37.4 Å². The van der Waals surface area contributed by atoms with Crippen LogP contribution in [0.3, 0.4) is 0 Å². The van der Waals surface area contributed by atoms with Crippen molar-refractivity contribution in [1.29, 1.82) is 0 Å². The normalized spacial score (nSPS) is 10.4. The van der Waals surface area contributed by atoms with Gasteiger partial charge in [0.2, 0.25) is 0 Å². The third-order valence-corrected chi connectivity index (χ3v) is 5.31. The number of carbonyl (C=O) groups is 2. The van der Waals surface area contributed by atoms with Crippen molar-refractivity contribution in [2.75, 3.05) is 11.9 Å². The molecule has 0 aromatic heterocycles. The lowest BCUT2D eigenvalue weighted by molar-refractivity contribution is -0.119. The first kappa shape index (κ1) is 20.5. The van der Waals surface area contributed by atoms with Crippen LogP contribution in [0.25, 0.3) is 0 Å². The second-order valence-corrected chi connectivity index (χ2v) is 7.68. The summed E-state index contributed by atoms with van der Waals surface area (Å²) in [7, 11) is 0. The summed E-state index contributed by atoms with van der Waals surface area (Å²) < 4.78 is 4.99. The summed E-state index contributed by atoms with van der Waals surface area (Å²) in [6, 6.07) is 19.5. The maximum Gasteiger partial charge on any atom is 0.338 e. The average molecular weight is 407 g/mol. The molecular formula is C23H21NO4S. The standard InChI is InChI=1S/C23H21NO4S/c1-15-3-4-16(2)21(13-15)29-20-11-7-18(8-12-20)24-22(26)14-28-23(27)17-5-9-19(25)10-6-17/h3-13,25H,14H2,1-2H3,(H,24,26). The number of esters is 1. The maximum atomic E-state index is 12.0. The van der Waals surface area contributed by atoms with Crippen molar-refractivity contribution in [3.05, 3.63) is 83.4 Å². The Morgan fingerprint density at radius 3 is 2.34 bits per heavy atom. The number of aryl methyl sites for hydroxylation is 2. The summed E-state index contributed by atoms with van der Waals surface area (Å²) in [5.41, 5.74) is 3.32. The van der Waals surface area contributed by atoms with Crippen LogP contribution < -0.4 is 5.32 Å². The Bertz CT molecular complexity index is 1010. The third-order valence-electron chi connectivity index (χ3n) is 4.15. The predicted octanol–water partition coefficient (Wildman–Crippen LogP) is 4.96. The number of anilines is 1. The van der Waals surface area contributed by atoms with Crippen LogP contribution in [0.4, 0.5) is 5.69 Å².